The van der Waals surface area contributed by atoms with E-state index in [9.17, 15) is 5.11 Å². The van der Waals surface area contributed by atoms with Crippen molar-refractivity contribution >= 4 is 11.8 Å². The molecular formula is C13H25NOS. The molecule has 0 amide bonds. The Bertz CT molecular complexity index is 232. The third-order valence-electron chi connectivity index (χ3n) is 3.95. The first kappa shape index (κ1) is 12.7. The van der Waals surface area contributed by atoms with Crippen molar-refractivity contribution in [1.29, 1.82) is 0 Å². The van der Waals surface area contributed by atoms with Crippen molar-refractivity contribution in [3.05, 3.63) is 0 Å². The van der Waals surface area contributed by atoms with Gasteiger partial charge in [0.05, 0.1) is 5.60 Å². The van der Waals surface area contributed by atoms with Gasteiger partial charge in [0.1, 0.15) is 0 Å². The molecule has 0 heterocycles. The molecule has 2 fully saturated rings. The maximum absolute atomic E-state index is 10.4. The maximum Gasteiger partial charge on any atom is 0.0889 e. The molecule has 2 rings (SSSR count). The van der Waals surface area contributed by atoms with E-state index in [1.807, 2.05) is 11.8 Å². The minimum atomic E-state index is -0.418. The van der Waals surface area contributed by atoms with E-state index in [2.05, 4.69) is 19.2 Å². The van der Waals surface area contributed by atoms with E-state index in [0.717, 1.165) is 24.6 Å². The zero-order chi connectivity index (χ0) is 11.6. The Balaban J connectivity index is 1.67. The largest absolute Gasteiger partial charge is 0.387 e. The van der Waals surface area contributed by atoms with Crippen LogP contribution in [0.5, 0.6) is 0 Å². The molecule has 0 bridgehead atoms. The van der Waals surface area contributed by atoms with Crippen LogP contribution in [0.25, 0.3) is 0 Å². The first-order valence-corrected chi connectivity index (χ1v) is 7.76. The minimum absolute atomic E-state index is 0.418. The second-order valence-corrected chi connectivity index (χ2v) is 7.03. The fourth-order valence-corrected chi connectivity index (χ4v) is 3.72. The van der Waals surface area contributed by atoms with Crippen LogP contribution in [0.3, 0.4) is 0 Å². The summed E-state index contributed by atoms with van der Waals surface area (Å²) >= 11 is 1.91. The van der Waals surface area contributed by atoms with E-state index < -0.39 is 5.60 Å². The molecule has 16 heavy (non-hydrogen) atoms. The van der Waals surface area contributed by atoms with Crippen LogP contribution in [-0.4, -0.2) is 34.3 Å². The quantitative estimate of drug-likeness (QED) is 0.720. The number of hydrogen-bond acceptors (Lipinski definition) is 3. The number of aliphatic hydroxyl groups is 1. The number of hydrogen-bond donors (Lipinski definition) is 2. The van der Waals surface area contributed by atoms with Crippen LogP contribution in [0.15, 0.2) is 0 Å². The van der Waals surface area contributed by atoms with Gasteiger partial charge in [-0.25, -0.2) is 0 Å². The molecule has 2 aliphatic carbocycles. The number of nitrogens with one attached hydrogen (secondary N) is 1. The van der Waals surface area contributed by atoms with Crippen LogP contribution in [-0.2, 0) is 0 Å². The summed E-state index contributed by atoms with van der Waals surface area (Å²) in [6.45, 7) is 5.22. The first-order chi connectivity index (χ1) is 7.64. The molecule has 3 atom stereocenters. The van der Waals surface area contributed by atoms with E-state index in [4.69, 9.17) is 0 Å². The fraction of sp³-hybridized carbons (Fsp3) is 1.00. The minimum Gasteiger partial charge on any atom is -0.387 e. The molecule has 3 unspecified atom stereocenters. The lowest BCUT2D eigenvalue weighted by molar-refractivity contribution is -0.0251. The molecule has 0 aromatic carbocycles. The third-order valence-corrected chi connectivity index (χ3v) is 5.36. The molecule has 2 aliphatic rings. The van der Waals surface area contributed by atoms with Crippen LogP contribution in [0.2, 0.25) is 0 Å². The molecule has 0 aromatic rings. The van der Waals surface area contributed by atoms with Crippen molar-refractivity contribution in [3.63, 3.8) is 0 Å². The van der Waals surface area contributed by atoms with Crippen molar-refractivity contribution in [2.75, 3.05) is 12.3 Å². The summed E-state index contributed by atoms with van der Waals surface area (Å²) in [5, 5.41) is 14.4. The Morgan fingerprint density at radius 3 is 2.69 bits per heavy atom. The fourth-order valence-electron chi connectivity index (χ4n) is 2.53. The third kappa shape index (κ3) is 3.14. The summed E-state index contributed by atoms with van der Waals surface area (Å²) in [5.74, 6) is 2.09. The van der Waals surface area contributed by atoms with E-state index in [1.165, 1.54) is 25.7 Å². The Labute approximate surface area is 104 Å². The van der Waals surface area contributed by atoms with E-state index >= 15 is 0 Å². The van der Waals surface area contributed by atoms with Gasteiger partial charge in [0, 0.05) is 17.8 Å². The van der Waals surface area contributed by atoms with Crippen molar-refractivity contribution in [3.8, 4) is 0 Å². The molecule has 3 heteroatoms. The Hall–Kier alpha value is 0.270. The smallest absolute Gasteiger partial charge is 0.0889 e. The van der Waals surface area contributed by atoms with Gasteiger partial charge in [0.25, 0.3) is 0 Å². The lowest BCUT2D eigenvalue weighted by Gasteiger charge is -2.45. The predicted octanol–water partition coefficient (Wildman–Crippen LogP) is 2.41. The molecule has 0 saturated heterocycles. The highest BCUT2D eigenvalue weighted by Crippen LogP contribution is 2.41. The lowest BCUT2D eigenvalue weighted by Crippen LogP contribution is -2.57. The van der Waals surface area contributed by atoms with E-state index in [-0.39, 0.29) is 0 Å². The Morgan fingerprint density at radius 1 is 1.44 bits per heavy atom. The van der Waals surface area contributed by atoms with Crippen LogP contribution in [0, 0.1) is 5.92 Å². The van der Waals surface area contributed by atoms with E-state index in [1.54, 1.807) is 0 Å². The predicted molar refractivity (Wildman–Crippen MR) is 70.9 cm³/mol. The lowest BCUT2D eigenvalue weighted by atomic mass is 9.79. The molecule has 0 radical (unpaired) electrons. The van der Waals surface area contributed by atoms with Gasteiger partial charge in [0.15, 0.2) is 0 Å². The molecule has 2 N–H and O–H groups in total. The standard InChI is InChI=1S/C13H25NOS/c1-3-16-12-6-7-13(12,15)9-14-10(2)8-11-4-5-11/h10-12,14-15H,3-9H2,1-2H3. The summed E-state index contributed by atoms with van der Waals surface area (Å²) in [6, 6.07) is 0.574. The molecule has 0 aliphatic heterocycles. The van der Waals surface area contributed by atoms with Gasteiger partial charge in [-0.2, -0.15) is 11.8 Å². The monoisotopic (exact) mass is 243 g/mol. The Kier molecular flexibility index (Phi) is 4.20. The average Bonchev–Trinajstić information content (AvgIpc) is 3.05. The van der Waals surface area contributed by atoms with Crippen molar-refractivity contribution in [2.24, 2.45) is 5.92 Å². The summed E-state index contributed by atoms with van der Waals surface area (Å²) in [6.07, 6.45) is 6.30. The van der Waals surface area contributed by atoms with Gasteiger partial charge in [-0.15, -0.1) is 0 Å². The average molecular weight is 243 g/mol. The van der Waals surface area contributed by atoms with Gasteiger partial charge in [-0.05, 0) is 37.9 Å². The van der Waals surface area contributed by atoms with Crippen LogP contribution >= 0.6 is 11.8 Å². The van der Waals surface area contributed by atoms with Gasteiger partial charge in [0.2, 0.25) is 0 Å². The topological polar surface area (TPSA) is 32.3 Å². The van der Waals surface area contributed by atoms with Crippen molar-refractivity contribution in [2.45, 2.75) is 62.8 Å². The summed E-state index contributed by atoms with van der Waals surface area (Å²) in [7, 11) is 0. The maximum atomic E-state index is 10.4. The van der Waals surface area contributed by atoms with Gasteiger partial charge in [-0.3, -0.25) is 0 Å². The summed E-state index contributed by atoms with van der Waals surface area (Å²) in [5.41, 5.74) is -0.418. The molecular weight excluding hydrogens is 218 g/mol. The van der Waals surface area contributed by atoms with Crippen LogP contribution in [0.1, 0.15) is 46.0 Å². The highest BCUT2D eigenvalue weighted by molar-refractivity contribution is 8.00. The first-order valence-electron chi connectivity index (χ1n) is 6.71. The SMILES string of the molecule is CCSC1CCC1(O)CNC(C)CC1CC1. The Morgan fingerprint density at radius 2 is 2.19 bits per heavy atom. The zero-order valence-electron chi connectivity index (χ0n) is 10.5. The number of rotatable bonds is 7. The second-order valence-electron chi connectivity index (χ2n) is 5.55. The molecule has 0 spiro atoms. The summed E-state index contributed by atoms with van der Waals surface area (Å²) in [4.78, 5) is 0. The molecule has 2 nitrogen and oxygen atoms in total. The number of thioether (sulfide) groups is 1. The zero-order valence-corrected chi connectivity index (χ0v) is 11.4. The van der Waals surface area contributed by atoms with Gasteiger partial charge >= 0.3 is 0 Å². The summed E-state index contributed by atoms with van der Waals surface area (Å²) < 4.78 is 0. The van der Waals surface area contributed by atoms with Crippen molar-refractivity contribution < 1.29 is 5.11 Å². The molecule has 2 saturated carbocycles. The van der Waals surface area contributed by atoms with E-state index in [0.29, 0.717) is 11.3 Å². The van der Waals surface area contributed by atoms with Crippen LogP contribution < -0.4 is 5.32 Å². The highest BCUT2D eigenvalue weighted by atomic mass is 32.2. The normalized spacial score (nSPS) is 35.8. The van der Waals surface area contributed by atoms with Gasteiger partial charge < -0.3 is 10.4 Å². The van der Waals surface area contributed by atoms with Crippen LogP contribution in [0.4, 0.5) is 0 Å². The second kappa shape index (κ2) is 5.28. The molecule has 0 aromatic heterocycles. The van der Waals surface area contributed by atoms with Gasteiger partial charge in [-0.1, -0.05) is 19.8 Å². The highest BCUT2D eigenvalue weighted by Gasteiger charge is 2.45. The molecule has 94 valence electrons. The van der Waals surface area contributed by atoms with Crippen molar-refractivity contribution in [1.82, 2.24) is 5.32 Å².